The number of nitrogens with two attached hydrogens (primary N) is 1. The van der Waals surface area contributed by atoms with Gasteiger partial charge in [0, 0.05) is 52.0 Å². The molecule has 8 nitrogen and oxygen atoms in total. The molecule has 190 valence electrons. The summed E-state index contributed by atoms with van der Waals surface area (Å²) in [6.45, 7) is 6.34. The van der Waals surface area contributed by atoms with E-state index in [4.69, 9.17) is 16.1 Å². The largest absolute Gasteiger partial charge is 0.366 e. The lowest BCUT2D eigenvalue weighted by Crippen LogP contribution is -2.48. The van der Waals surface area contributed by atoms with Gasteiger partial charge in [0.05, 0.1) is 17.4 Å². The molecule has 5 rings (SSSR count). The third-order valence-corrected chi connectivity index (χ3v) is 7.11. The standard InChI is InChI=1S/C27H35FN8/c28-21-5-1-4-20(18-21)24-7-3-12-36(24)25(30)9-10-26-31-19-23(32-26)22-6-2-8-27(33-22)35-16-14-34(13-11-29)15-17-35/h1-2,4-6,8-10,18-19,24,26,30-32H,3,7,11-17,29H2/b10-9-,30-25?/t24-,26?/m1/s1. The molecule has 0 amide bonds. The minimum atomic E-state index is -0.231. The lowest BCUT2D eigenvalue weighted by molar-refractivity contribution is 0.264. The minimum Gasteiger partial charge on any atom is -0.366 e. The first-order valence-corrected chi connectivity index (χ1v) is 12.8. The Morgan fingerprint density at radius 3 is 2.78 bits per heavy atom. The molecule has 1 aromatic carbocycles. The molecule has 4 heterocycles. The van der Waals surface area contributed by atoms with Gasteiger partial charge in [-0.1, -0.05) is 18.2 Å². The Morgan fingerprint density at radius 1 is 1.14 bits per heavy atom. The summed E-state index contributed by atoms with van der Waals surface area (Å²) >= 11 is 0. The summed E-state index contributed by atoms with van der Waals surface area (Å²) in [5.41, 5.74) is 8.44. The Balaban J connectivity index is 1.17. The van der Waals surface area contributed by atoms with Crippen LogP contribution >= 0.6 is 0 Å². The van der Waals surface area contributed by atoms with Gasteiger partial charge in [0.1, 0.15) is 23.6 Å². The van der Waals surface area contributed by atoms with E-state index in [0.717, 1.165) is 74.9 Å². The quantitative estimate of drug-likeness (QED) is 0.350. The fraction of sp³-hybridized carbons (Fsp3) is 0.407. The van der Waals surface area contributed by atoms with Crippen LogP contribution in [-0.2, 0) is 0 Å². The number of pyridine rings is 1. The summed E-state index contributed by atoms with van der Waals surface area (Å²) in [7, 11) is 0. The summed E-state index contributed by atoms with van der Waals surface area (Å²) in [4.78, 5) is 11.7. The second kappa shape index (κ2) is 11.1. The van der Waals surface area contributed by atoms with Crippen molar-refractivity contribution in [1.29, 1.82) is 5.41 Å². The molecule has 2 saturated heterocycles. The average molecular weight is 491 g/mol. The van der Waals surface area contributed by atoms with Gasteiger partial charge in [-0.15, -0.1) is 0 Å². The molecular formula is C27H35FN8. The summed E-state index contributed by atoms with van der Waals surface area (Å²) < 4.78 is 13.7. The van der Waals surface area contributed by atoms with Gasteiger partial charge in [0.15, 0.2) is 0 Å². The van der Waals surface area contributed by atoms with E-state index in [1.165, 1.54) is 6.07 Å². The van der Waals surface area contributed by atoms with Crippen LogP contribution in [0.15, 0.2) is 60.8 Å². The number of anilines is 1. The first-order chi connectivity index (χ1) is 17.6. The Morgan fingerprint density at radius 2 is 1.97 bits per heavy atom. The van der Waals surface area contributed by atoms with Crippen molar-refractivity contribution in [3.05, 3.63) is 77.9 Å². The molecule has 0 radical (unpaired) electrons. The first-order valence-electron chi connectivity index (χ1n) is 12.8. The van der Waals surface area contributed by atoms with Crippen LogP contribution in [0.25, 0.3) is 5.70 Å². The highest BCUT2D eigenvalue weighted by Crippen LogP contribution is 2.32. The number of amidine groups is 1. The minimum absolute atomic E-state index is 0.0418. The van der Waals surface area contributed by atoms with Crippen molar-refractivity contribution in [2.75, 3.05) is 50.7 Å². The number of halogens is 1. The zero-order chi connectivity index (χ0) is 24.9. The SMILES string of the molecule is N=C(/C=C\C1NC=C(c2cccc(N3CCN(CCN)CC3)n2)N1)N1CCC[C@@H]1c1cccc(F)c1. The number of nitrogens with one attached hydrogen (secondary N) is 3. The highest BCUT2D eigenvalue weighted by molar-refractivity contribution is 5.91. The van der Waals surface area contributed by atoms with Crippen LogP contribution < -0.4 is 21.3 Å². The monoisotopic (exact) mass is 490 g/mol. The Hall–Kier alpha value is -3.43. The Kier molecular flexibility index (Phi) is 7.48. The normalized spacial score (nSPS) is 22.6. The van der Waals surface area contributed by atoms with Crippen LogP contribution in [-0.4, -0.2) is 72.6 Å². The van der Waals surface area contributed by atoms with Gasteiger partial charge in [-0.25, -0.2) is 9.37 Å². The van der Waals surface area contributed by atoms with Crippen molar-refractivity contribution in [3.8, 4) is 0 Å². The molecule has 2 aromatic rings. The van der Waals surface area contributed by atoms with E-state index in [2.05, 4.69) is 26.5 Å². The summed E-state index contributed by atoms with van der Waals surface area (Å²) in [5.74, 6) is 1.19. The van der Waals surface area contributed by atoms with Crippen LogP contribution in [0.3, 0.4) is 0 Å². The number of benzene rings is 1. The highest BCUT2D eigenvalue weighted by atomic mass is 19.1. The second-order valence-electron chi connectivity index (χ2n) is 9.50. The smallest absolute Gasteiger partial charge is 0.129 e. The van der Waals surface area contributed by atoms with E-state index < -0.39 is 0 Å². The lowest BCUT2D eigenvalue weighted by atomic mass is 10.0. The third-order valence-electron chi connectivity index (χ3n) is 7.11. The van der Waals surface area contributed by atoms with Crippen molar-refractivity contribution in [2.24, 2.45) is 5.73 Å². The summed E-state index contributed by atoms with van der Waals surface area (Å²) in [6.07, 6.45) is 7.51. The third kappa shape index (κ3) is 5.52. The number of aromatic nitrogens is 1. The molecule has 36 heavy (non-hydrogen) atoms. The van der Waals surface area contributed by atoms with E-state index in [-0.39, 0.29) is 18.0 Å². The molecule has 1 aromatic heterocycles. The van der Waals surface area contributed by atoms with Gasteiger partial charge in [-0.2, -0.15) is 0 Å². The predicted molar refractivity (Wildman–Crippen MR) is 142 cm³/mol. The van der Waals surface area contributed by atoms with Gasteiger partial charge in [-0.3, -0.25) is 10.3 Å². The molecule has 0 spiro atoms. The van der Waals surface area contributed by atoms with E-state index in [1.807, 2.05) is 41.5 Å². The molecule has 0 saturated carbocycles. The van der Waals surface area contributed by atoms with E-state index >= 15 is 0 Å². The average Bonchev–Trinajstić information content (AvgIpc) is 3.58. The summed E-state index contributed by atoms with van der Waals surface area (Å²) in [5, 5.41) is 15.4. The van der Waals surface area contributed by atoms with Gasteiger partial charge in [0.25, 0.3) is 0 Å². The van der Waals surface area contributed by atoms with Gasteiger partial charge in [-0.05, 0) is 54.8 Å². The van der Waals surface area contributed by atoms with Gasteiger partial charge in [0.2, 0.25) is 0 Å². The maximum Gasteiger partial charge on any atom is 0.129 e. The van der Waals surface area contributed by atoms with Crippen molar-refractivity contribution in [2.45, 2.75) is 25.0 Å². The van der Waals surface area contributed by atoms with E-state index in [9.17, 15) is 4.39 Å². The number of rotatable bonds is 7. The molecule has 0 aliphatic carbocycles. The number of nitrogens with zero attached hydrogens (tertiary/aromatic N) is 4. The van der Waals surface area contributed by atoms with Crippen LogP contribution in [0.2, 0.25) is 0 Å². The van der Waals surface area contributed by atoms with Crippen molar-refractivity contribution in [1.82, 2.24) is 25.4 Å². The van der Waals surface area contributed by atoms with Crippen molar-refractivity contribution < 1.29 is 4.39 Å². The van der Waals surface area contributed by atoms with Gasteiger partial charge < -0.3 is 26.2 Å². The lowest BCUT2D eigenvalue weighted by Gasteiger charge is -2.35. The zero-order valence-electron chi connectivity index (χ0n) is 20.5. The van der Waals surface area contributed by atoms with Crippen molar-refractivity contribution in [3.63, 3.8) is 0 Å². The van der Waals surface area contributed by atoms with Crippen LogP contribution in [0.1, 0.15) is 30.1 Å². The molecule has 2 atom stereocenters. The van der Waals surface area contributed by atoms with Crippen LogP contribution in [0.4, 0.5) is 10.2 Å². The second-order valence-corrected chi connectivity index (χ2v) is 9.50. The zero-order valence-corrected chi connectivity index (χ0v) is 20.5. The molecule has 3 aliphatic heterocycles. The van der Waals surface area contributed by atoms with E-state index in [0.29, 0.717) is 12.4 Å². The maximum absolute atomic E-state index is 13.7. The predicted octanol–water partition coefficient (Wildman–Crippen LogP) is 2.49. The molecule has 1 unspecified atom stereocenters. The fourth-order valence-electron chi connectivity index (χ4n) is 5.21. The van der Waals surface area contributed by atoms with E-state index in [1.54, 1.807) is 12.1 Å². The topological polar surface area (TPSA) is 96.5 Å². The number of likely N-dealkylation sites (tertiary alicyclic amines) is 1. The number of hydrogen-bond donors (Lipinski definition) is 4. The van der Waals surface area contributed by atoms with Crippen molar-refractivity contribution >= 4 is 17.4 Å². The van der Waals surface area contributed by atoms with Crippen LogP contribution in [0, 0.1) is 11.2 Å². The molecule has 5 N–H and O–H groups in total. The maximum atomic E-state index is 13.7. The molecular weight excluding hydrogens is 455 g/mol. The molecule has 3 aliphatic rings. The molecule has 9 heteroatoms. The summed E-state index contributed by atoms with van der Waals surface area (Å²) in [6, 6.07) is 12.9. The fourth-order valence-corrected chi connectivity index (χ4v) is 5.21. The molecule has 0 bridgehead atoms. The number of piperazine rings is 1. The highest BCUT2D eigenvalue weighted by Gasteiger charge is 2.27. The first kappa shape index (κ1) is 24.3. The Bertz CT molecular complexity index is 1120. The number of hydrogen-bond acceptors (Lipinski definition) is 7. The van der Waals surface area contributed by atoms with Gasteiger partial charge >= 0.3 is 0 Å². The Labute approximate surface area is 212 Å². The molecule has 2 fully saturated rings. The van der Waals surface area contributed by atoms with Crippen LogP contribution in [0.5, 0.6) is 0 Å².